The number of hydrogen-bond acceptors (Lipinski definition) is 6. The summed E-state index contributed by atoms with van der Waals surface area (Å²) in [4.78, 5) is 12.4. The predicted octanol–water partition coefficient (Wildman–Crippen LogP) is 2.57. The maximum Gasteiger partial charge on any atom is 0.271 e. The average molecular weight is 392 g/mol. The maximum atomic E-state index is 12.4. The molecule has 0 saturated carbocycles. The van der Waals surface area contributed by atoms with Crippen molar-refractivity contribution in [3.63, 3.8) is 0 Å². The monoisotopic (exact) mass is 391 g/mol. The van der Waals surface area contributed by atoms with Crippen LogP contribution >= 0.6 is 23.4 Å². The molecule has 0 bridgehead atoms. The molecule has 0 aliphatic carbocycles. The fraction of sp³-hybridized carbons (Fsp3) is 0.250. The highest BCUT2D eigenvalue weighted by molar-refractivity contribution is 8.00. The molecule has 10 heteroatoms. The lowest BCUT2D eigenvalue weighted by atomic mass is 10.3. The van der Waals surface area contributed by atoms with Crippen LogP contribution in [0, 0.1) is 13.8 Å². The summed E-state index contributed by atoms with van der Waals surface area (Å²) < 4.78 is 2.93. The third kappa shape index (κ3) is 3.68. The molecule has 0 fully saturated rings. The van der Waals surface area contributed by atoms with Crippen LogP contribution in [0.25, 0.3) is 5.95 Å². The molecule has 26 heavy (non-hydrogen) atoms. The number of thioether (sulfide) groups is 1. The van der Waals surface area contributed by atoms with E-state index in [-0.39, 0.29) is 5.91 Å². The number of aryl methyl sites for hydroxylation is 2. The molecule has 3 N–H and O–H groups in total. The Morgan fingerprint density at radius 1 is 1.31 bits per heavy atom. The summed E-state index contributed by atoms with van der Waals surface area (Å²) in [6, 6.07) is 8.97. The zero-order chi connectivity index (χ0) is 18.8. The summed E-state index contributed by atoms with van der Waals surface area (Å²) in [6.07, 6.45) is 0. The molecule has 2 heterocycles. The maximum absolute atomic E-state index is 12.4. The van der Waals surface area contributed by atoms with Crippen LogP contribution in [0.4, 0.5) is 5.69 Å². The molecule has 0 aliphatic rings. The number of nitrogens with one attached hydrogen (secondary N) is 1. The lowest BCUT2D eigenvalue weighted by molar-refractivity contribution is -0.115. The zero-order valence-corrected chi connectivity index (χ0v) is 16.0. The van der Waals surface area contributed by atoms with Crippen LogP contribution in [0.15, 0.2) is 35.5 Å². The van der Waals surface area contributed by atoms with Crippen LogP contribution in [0.1, 0.15) is 18.3 Å². The van der Waals surface area contributed by atoms with Crippen molar-refractivity contribution < 1.29 is 4.79 Å². The highest BCUT2D eigenvalue weighted by atomic mass is 35.5. The van der Waals surface area contributed by atoms with Crippen LogP contribution in [-0.2, 0) is 4.79 Å². The van der Waals surface area contributed by atoms with Crippen molar-refractivity contribution in [2.24, 2.45) is 0 Å². The molecule has 3 rings (SSSR count). The summed E-state index contributed by atoms with van der Waals surface area (Å²) in [5.41, 5.74) is 2.30. The fourth-order valence-corrected chi connectivity index (χ4v) is 3.28. The molecular weight excluding hydrogens is 374 g/mol. The Bertz CT molecular complexity index is 952. The largest absolute Gasteiger partial charge is 0.334 e. The fourth-order valence-electron chi connectivity index (χ4n) is 2.33. The van der Waals surface area contributed by atoms with Gasteiger partial charge in [-0.3, -0.25) is 4.79 Å². The zero-order valence-electron chi connectivity index (χ0n) is 14.5. The van der Waals surface area contributed by atoms with Crippen molar-refractivity contribution in [2.75, 3.05) is 11.2 Å². The van der Waals surface area contributed by atoms with Gasteiger partial charge >= 0.3 is 0 Å². The van der Waals surface area contributed by atoms with Gasteiger partial charge in [0.05, 0.1) is 21.7 Å². The second kappa shape index (κ2) is 7.38. The third-order valence-electron chi connectivity index (χ3n) is 3.63. The molecule has 0 saturated heterocycles. The molecule has 3 aromatic rings. The molecule has 8 nitrogen and oxygen atoms in total. The van der Waals surface area contributed by atoms with Crippen molar-refractivity contribution in [2.45, 2.75) is 31.2 Å². The van der Waals surface area contributed by atoms with E-state index in [1.165, 1.54) is 16.4 Å². The van der Waals surface area contributed by atoms with Gasteiger partial charge in [-0.25, -0.2) is 9.36 Å². The molecule has 0 spiro atoms. The Labute approximate surface area is 159 Å². The number of nitrogen functional groups attached to an aromatic ring is 1. The normalized spacial score (nSPS) is 12.2. The average Bonchev–Trinajstić information content (AvgIpc) is 3.11. The summed E-state index contributed by atoms with van der Waals surface area (Å²) in [7, 11) is 0. The van der Waals surface area contributed by atoms with E-state index in [4.69, 9.17) is 17.4 Å². The van der Waals surface area contributed by atoms with Crippen molar-refractivity contribution in [3.8, 4) is 5.95 Å². The van der Waals surface area contributed by atoms with E-state index in [0.29, 0.717) is 21.8 Å². The molecule has 0 aliphatic heterocycles. The van der Waals surface area contributed by atoms with Gasteiger partial charge in [-0.05, 0) is 39.0 Å². The lowest BCUT2D eigenvalue weighted by Gasteiger charge is -2.12. The van der Waals surface area contributed by atoms with Gasteiger partial charge in [-0.1, -0.05) is 35.5 Å². The molecule has 1 amide bonds. The number of rotatable bonds is 5. The number of anilines is 1. The standard InChI is InChI=1S/C16H18ClN7OS/c1-9-8-10(2)24(22-9)15-20-21-16(23(15)18)26-11(3)14(25)19-13-7-5-4-6-12(13)17/h4-8,11H,18H2,1-3H3,(H,19,25)/t11-/m0/s1. The molecule has 1 atom stereocenters. The Kier molecular flexibility index (Phi) is 5.19. The number of carbonyl (C=O) groups is 1. The van der Waals surface area contributed by atoms with Crippen molar-refractivity contribution in [1.82, 2.24) is 24.7 Å². The number of carbonyl (C=O) groups excluding carboxylic acids is 1. The first-order valence-corrected chi connectivity index (χ1v) is 9.08. The molecular formula is C16H18ClN7OS. The van der Waals surface area contributed by atoms with E-state index in [1.807, 2.05) is 19.9 Å². The van der Waals surface area contributed by atoms with E-state index in [1.54, 1.807) is 35.9 Å². The van der Waals surface area contributed by atoms with E-state index in [9.17, 15) is 4.79 Å². The number of hydrogen-bond donors (Lipinski definition) is 2. The molecule has 0 unspecified atom stereocenters. The minimum absolute atomic E-state index is 0.209. The van der Waals surface area contributed by atoms with E-state index < -0.39 is 5.25 Å². The number of benzene rings is 1. The quantitative estimate of drug-likeness (QED) is 0.511. The van der Waals surface area contributed by atoms with Gasteiger partial charge in [0.15, 0.2) is 0 Å². The smallest absolute Gasteiger partial charge is 0.271 e. The van der Waals surface area contributed by atoms with Crippen molar-refractivity contribution in [1.29, 1.82) is 0 Å². The van der Waals surface area contributed by atoms with Gasteiger partial charge in [0.1, 0.15) is 0 Å². The minimum Gasteiger partial charge on any atom is -0.334 e. The Morgan fingerprint density at radius 3 is 2.69 bits per heavy atom. The van der Waals surface area contributed by atoms with Gasteiger partial charge in [0.2, 0.25) is 11.1 Å². The Morgan fingerprint density at radius 2 is 2.04 bits per heavy atom. The summed E-state index contributed by atoms with van der Waals surface area (Å²) in [5, 5.41) is 15.7. The molecule has 0 radical (unpaired) electrons. The van der Waals surface area contributed by atoms with Crippen LogP contribution in [0.5, 0.6) is 0 Å². The van der Waals surface area contributed by atoms with Crippen LogP contribution in [0.2, 0.25) is 5.02 Å². The van der Waals surface area contributed by atoms with Crippen LogP contribution in [0.3, 0.4) is 0 Å². The Balaban J connectivity index is 1.74. The number of nitrogens with two attached hydrogens (primary N) is 1. The minimum atomic E-state index is -0.453. The summed E-state index contributed by atoms with van der Waals surface area (Å²) >= 11 is 7.27. The van der Waals surface area contributed by atoms with Crippen molar-refractivity contribution in [3.05, 3.63) is 46.7 Å². The second-order valence-corrected chi connectivity index (χ2v) is 7.44. The SMILES string of the molecule is Cc1cc(C)n(-c2nnc(S[C@@H](C)C(=O)Nc3ccccc3Cl)n2N)n1. The number of para-hydroxylation sites is 1. The summed E-state index contributed by atoms with van der Waals surface area (Å²) in [6.45, 7) is 5.55. The number of nitrogens with zero attached hydrogens (tertiary/aromatic N) is 5. The Hall–Kier alpha value is -2.52. The van der Waals surface area contributed by atoms with Gasteiger partial charge in [0.25, 0.3) is 5.95 Å². The van der Waals surface area contributed by atoms with E-state index in [0.717, 1.165) is 11.4 Å². The first kappa shape index (κ1) is 18.3. The molecule has 1 aromatic carbocycles. The topological polar surface area (TPSA) is 104 Å². The molecule has 136 valence electrons. The highest BCUT2D eigenvalue weighted by Crippen LogP contribution is 2.25. The number of aromatic nitrogens is 5. The van der Waals surface area contributed by atoms with Gasteiger partial charge in [0, 0.05) is 5.69 Å². The third-order valence-corrected chi connectivity index (χ3v) is 5.02. The van der Waals surface area contributed by atoms with Crippen LogP contribution in [-0.4, -0.2) is 35.8 Å². The number of amides is 1. The summed E-state index contributed by atoms with van der Waals surface area (Å²) in [5.74, 6) is 6.27. The van der Waals surface area contributed by atoms with Crippen molar-refractivity contribution >= 4 is 35.0 Å². The first-order chi connectivity index (χ1) is 12.4. The lowest BCUT2D eigenvalue weighted by Crippen LogP contribution is -2.24. The van der Waals surface area contributed by atoms with Gasteiger partial charge in [-0.2, -0.15) is 5.10 Å². The second-order valence-electron chi connectivity index (χ2n) is 5.72. The highest BCUT2D eigenvalue weighted by Gasteiger charge is 2.21. The predicted molar refractivity (Wildman–Crippen MR) is 102 cm³/mol. The van der Waals surface area contributed by atoms with Gasteiger partial charge < -0.3 is 11.2 Å². The van der Waals surface area contributed by atoms with Gasteiger partial charge in [-0.15, -0.1) is 10.2 Å². The number of halogens is 1. The van der Waals surface area contributed by atoms with Crippen LogP contribution < -0.4 is 11.2 Å². The van der Waals surface area contributed by atoms with E-state index in [2.05, 4.69) is 20.6 Å². The first-order valence-electron chi connectivity index (χ1n) is 7.83. The molecule has 2 aromatic heterocycles. The van der Waals surface area contributed by atoms with E-state index >= 15 is 0 Å².